The van der Waals surface area contributed by atoms with E-state index in [4.69, 9.17) is 5.73 Å². The van der Waals surface area contributed by atoms with Crippen LogP contribution in [-0.4, -0.2) is 11.5 Å². The number of hydrogen-bond acceptors (Lipinski definition) is 3. The lowest BCUT2D eigenvalue weighted by Crippen LogP contribution is -2.08. The van der Waals surface area contributed by atoms with Crippen molar-refractivity contribution in [1.29, 1.82) is 0 Å². The minimum absolute atomic E-state index is 0.262. The standard InChI is InChI=1S/C12H12BrFN2S/c1-7(5-15)12-16-11(6-17-12)8-2-3-10(14)9(13)4-8/h2-4,6-7H,5,15H2,1H3. The Balaban J connectivity index is 2.33. The molecule has 0 aliphatic rings. The molecule has 0 bridgehead atoms. The second-order valence-corrected chi connectivity index (χ2v) is 5.58. The number of halogens is 2. The molecule has 17 heavy (non-hydrogen) atoms. The molecule has 0 radical (unpaired) electrons. The molecular formula is C12H12BrFN2S. The van der Waals surface area contributed by atoms with Gasteiger partial charge in [-0.05, 0) is 34.1 Å². The minimum atomic E-state index is -0.264. The molecule has 1 unspecified atom stereocenters. The van der Waals surface area contributed by atoms with E-state index in [2.05, 4.69) is 20.9 Å². The highest BCUT2D eigenvalue weighted by molar-refractivity contribution is 9.10. The quantitative estimate of drug-likeness (QED) is 0.936. The summed E-state index contributed by atoms with van der Waals surface area (Å²) in [7, 11) is 0. The van der Waals surface area contributed by atoms with Crippen molar-refractivity contribution in [3.8, 4) is 11.3 Å². The van der Waals surface area contributed by atoms with Crippen LogP contribution in [0.15, 0.2) is 28.1 Å². The average Bonchev–Trinajstić information content (AvgIpc) is 2.81. The van der Waals surface area contributed by atoms with Gasteiger partial charge in [0.25, 0.3) is 0 Å². The predicted molar refractivity (Wildman–Crippen MR) is 72.7 cm³/mol. The van der Waals surface area contributed by atoms with Gasteiger partial charge in [0.15, 0.2) is 0 Å². The van der Waals surface area contributed by atoms with E-state index in [1.54, 1.807) is 23.5 Å². The topological polar surface area (TPSA) is 38.9 Å². The summed E-state index contributed by atoms with van der Waals surface area (Å²) < 4.78 is 13.6. The van der Waals surface area contributed by atoms with Gasteiger partial charge in [0.2, 0.25) is 0 Å². The summed E-state index contributed by atoms with van der Waals surface area (Å²) in [4.78, 5) is 4.52. The van der Waals surface area contributed by atoms with Gasteiger partial charge in [0.1, 0.15) is 5.82 Å². The summed E-state index contributed by atoms with van der Waals surface area (Å²) in [6.45, 7) is 2.63. The average molecular weight is 315 g/mol. The summed E-state index contributed by atoms with van der Waals surface area (Å²) >= 11 is 4.76. The number of nitrogens with zero attached hydrogens (tertiary/aromatic N) is 1. The van der Waals surface area contributed by atoms with Crippen molar-refractivity contribution in [2.45, 2.75) is 12.8 Å². The Bertz CT molecular complexity index is 527. The van der Waals surface area contributed by atoms with E-state index in [-0.39, 0.29) is 11.7 Å². The predicted octanol–water partition coefficient (Wildman–Crippen LogP) is 3.77. The Labute approximate surface area is 112 Å². The highest BCUT2D eigenvalue weighted by atomic mass is 79.9. The molecule has 2 N–H and O–H groups in total. The van der Waals surface area contributed by atoms with Crippen molar-refractivity contribution in [1.82, 2.24) is 4.98 Å². The van der Waals surface area contributed by atoms with E-state index in [9.17, 15) is 4.39 Å². The number of benzene rings is 1. The zero-order valence-electron chi connectivity index (χ0n) is 9.28. The maximum atomic E-state index is 13.1. The maximum Gasteiger partial charge on any atom is 0.137 e. The van der Waals surface area contributed by atoms with Gasteiger partial charge in [-0.15, -0.1) is 11.3 Å². The van der Waals surface area contributed by atoms with Crippen LogP contribution in [0.2, 0.25) is 0 Å². The van der Waals surface area contributed by atoms with Gasteiger partial charge in [0, 0.05) is 23.4 Å². The van der Waals surface area contributed by atoms with Crippen LogP contribution >= 0.6 is 27.3 Å². The van der Waals surface area contributed by atoms with Crippen LogP contribution in [0, 0.1) is 5.82 Å². The molecule has 1 heterocycles. The molecule has 0 aliphatic heterocycles. The lowest BCUT2D eigenvalue weighted by molar-refractivity contribution is 0.621. The van der Waals surface area contributed by atoms with Crippen LogP contribution in [0.25, 0.3) is 11.3 Å². The molecule has 5 heteroatoms. The van der Waals surface area contributed by atoms with Crippen molar-refractivity contribution in [3.05, 3.63) is 38.9 Å². The lowest BCUT2D eigenvalue weighted by atomic mass is 10.1. The SMILES string of the molecule is CC(CN)c1nc(-c2ccc(F)c(Br)c2)cs1. The Morgan fingerprint density at radius 1 is 1.53 bits per heavy atom. The van der Waals surface area contributed by atoms with Crippen molar-refractivity contribution < 1.29 is 4.39 Å². The van der Waals surface area contributed by atoms with Gasteiger partial charge in [0.05, 0.1) is 15.2 Å². The first-order valence-corrected chi connectivity index (χ1v) is 6.90. The molecule has 0 aliphatic carbocycles. The zero-order chi connectivity index (χ0) is 12.4. The van der Waals surface area contributed by atoms with Gasteiger partial charge < -0.3 is 5.73 Å². The van der Waals surface area contributed by atoms with Crippen LogP contribution in [0.5, 0.6) is 0 Å². The summed E-state index contributed by atoms with van der Waals surface area (Å²) in [5, 5.41) is 2.99. The Morgan fingerprint density at radius 2 is 2.29 bits per heavy atom. The summed E-state index contributed by atoms with van der Waals surface area (Å²) in [6, 6.07) is 4.90. The van der Waals surface area contributed by atoms with Crippen LogP contribution in [0.1, 0.15) is 17.8 Å². The first-order chi connectivity index (χ1) is 8.11. The fraction of sp³-hybridized carbons (Fsp3) is 0.250. The molecule has 90 valence electrons. The summed E-state index contributed by atoms with van der Waals surface area (Å²) in [6.07, 6.45) is 0. The van der Waals surface area contributed by atoms with Gasteiger partial charge in [-0.1, -0.05) is 6.92 Å². The molecular weight excluding hydrogens is 303 g/mol. The fourth-order valence-electron chi connectivity index (χ4n) is 1.40. The minimum Gasteiger partial charge on any atom is -0.330 e. The Hall–Kier alpha value is -0.780. The maximum absolute atomic E-state index is 13.1. The van der Waals surface area contributed by atoms with Gasteiger partial charge in [-0.3, -0.25) is 0 Å². The summed E-state index contributed by atoms with van der Waals surface area (Å²) in [5.41, 5.74) is 7.38. The molecule has 2 rings (SSSR count). The summed E-state index contributed by atoms with van der Waals surface area (Å²) in [5.74, 6) is -0.00262. The molecule has 1 atom stereocenters. The molecule has 2 nitrogen and oxygen atoms in total. The van der Waals surface area contributed by atoms with Crippen LogP contribution < -0.4 is 5.73 Å². The van der Waals surface area contributed by atoms with E-state index in [0.717, 1.165) is 16.3 Å². The first-order valence-electron chi connectivity index (χ1n) is 5.22. The molecule has 0 saturated heterocycles. The smallest absolute Gasteiger partial charge is 0.137 e. The molecule has 0 spiro atoms. The van der Waals surface area contributed by atoms with E-state index < -0.39 is 0 Å². The number of hydrogen-bond donors (Lipinski definition) is 1. The Kier molecular flexibility index (Phi) is 3.91. The van der Waals surface area contributed by atoms with Gasteiger partial charge in [-0.2, -0.15) is 0 Å². The third-order valence-corrected chi connectivity index (χ3v) is 4.20. The fourth-order valence-corrected chi connectivity index (χ4v) is 2.68. The largest absolute Gasteiger partial charge is 0.330 e. The second-order valence-electron chi connectivity index (χ2n) is 3.84. The van der Waals surface area contributed by atoms with Gasteiger partial charge in [-0.25, -0.2) is 9.37 Å². The van der Waals surface area contributed by atoms with Crippen molar-refractivity contribution in [2.75, 3.05) is 6.54 Å². The number of rotatable bonds is 3. The van der Waals surface area contributed by atoms with E-state index in [0.29, 0.717) is 11.0 Å². The van der Waals surface area contributed by atoms with Crippen LogP contribution in [0.3, 0.4) is 0 Å². The number of aromatic nitrogens is 1. The highest BCUT2D eigenvalue weighted by Gasteiger charge is 2.11. The molecule has 1 aromatic carbocycles. The third-order valence-electron chi connectivity index (χ3n) is 2.51. The van der Waals surface area contributed by atoms with Crippen molar-refractivity contribution in [2.24, 2.45) is 5.73 Å². The molecule has 0 fully saturated rings. The van der Waals surface area contributed by atoms with E-state index in [1.165, 1.54) is 6.07 Å². The Morgan fingerprint density at radius 3 is 2.94 bits per heavy atom. The van der Waals surface area contributed by atoms with Crippen LogP contribution in [0.4, 0.5) is 4.39 Å². The lowest BCUT2D eigenvalue weighted by Gasteiger charge is -2.02. The number of thiazole rings is 1. The molecule has 2 aromatic rings. The normalized spacial score (nSPS) is 12.7. The monoisotopic (exact) mass is 314 g/mol. The second kappa shape index (κ2) is 5.25. The van der Waals surface area contributed by atoms with Crippen molar-refractivity contribution >= 4 is 27.3 Å². The van der Waals surface area contributed by atoms with E-state index in [1.807, 2.05) is 12.3 Å². The zero-order valence-corrected chi connectivity index (χ0v) is 11.7. The van der Waals surface area contributed by atoms with E-state index >= 15 is 0 Å². The molecule has 0 saturated carbocycles. The molecule has 1 aromatic heterocycles. The molecule has 0 amide bonds. The van der Waals surface area contributed by atoms with Crippen LogP contribution in [-0.2, 0) is 0 Å². The number of nitrogens with two attached hydrogens (primary N) is 1. The van der Waals surface area contributed by atoms with Gasteiger partial charge >= 0.3 is 0 Å². The van der Waals surface area contributed by atoms with Crippen molar-refractivity contribution in [3.63, 3.8) is 0 Å². The first kappa shape index (κ1) is 12.7. The highest BCUT2D eigenvalue weighted by Crippen LogP contribution is 2.28. The third kappa shape index (κ3) is 2.73.